The molecule has 186 valence electrons. The van der Waals surface area contributed by atoms with Crippen molar-refractivity contribution in [1.82, 2.24) is 0 Å². The Morgan fingerprint density at radius 1 is 0.941 bits per heavy atom. The molecule has 0 bridgehead atoms. The molecule has 0 heterocycles. The zero-order chi connectivity index (χ0) is 24.8. The number of aliphatic hydroxyl groups is 1. The smallest absolute Gasteiger partial charge is 0.335 e. The lowest BCUT2D eigenvalue weighted by molar-refractivity contribution is 0.0695. The molecule has 0 aliphatic carbocycles. The van der Waals surface area contributed by atoms with Crippen molar-refractivity contribution >= 4 is 11.7 Å². The highest BCUT2D eigenvalue weighted by molar-refractivity contribution is 6.01. The summed E-state index contributed by atoms with van der Waals surface area (Å²) in [6.07, 6.45) is 4.35. The molecule has 2 rings (SSSR count). The first-order chi connectivity index (χ1) is 16.4. The van der Waals surface area contributed by atoms with Gasteiger partial charge in [0.2, 0.25) is 0 Å². The van der Waals surface area contributed by atoms with E-state index in [2.05, 4.69) is 12.1 Å². The summed E-state index contributed by atoms with van der Waals surface area (Å²) in [5, 5.41) is 22.6. The SMILES string of the molecule is CCCCCCOc1cccc(/C(COc2cc(OC(C)C)cc(C(=O)O)c2)=N/OCCO)c1. The van der Waals surface area contributed by atoms with Crippen molar-refractivity contribution < 1.29 is 34.1 Å². The molecule has 0 unspecified atom stereocenters. The summed E-state index contributed by atoms with van der Waals surface area (Å²) >= 11 is 0. The minimum absolute atomic E-state index is 0.00950. The first kappa shape index (κ1) is 27.0. The Hall–Kier alpha value is -3.26. The van der Waals surface area contributed by atoms with Crippen LogP contribution in [0.5, 0.6) is 17.2 Å². The van der Waals surface area contributed by atoms with Crippen molar-refractivity contribution in [2.45, 2.75) is 52.6 Å². The molecule has 0 saturated heterocycles. The predicted molar refractivity (Wildman–Crippen MR) is 130 cm³/mol. The first-order valence-corrected chi connectivity index (χ1v) is 11.6. The van der Waals surface area contributed by atoms with Crippen molar-refractivity contribution in [3.8, 4) is 17.2 Å². The third-order valence-electron chi connectivity index (χ3n) is 4.67. The molecule has 0 aliphatic rings. The summed E-state index contributed by atoms with van der Waals surface area (Å²) in [4.78, 5) is 16.7. The van der Waals surface area contributed by atoms with E-state index >= 15 is 0 Å². The number of benzene rings is 2. The van der Waals surface area contributed by atoms with Gasteiger partial charge in [-0.15, -0.1) is 0 Å². The minimum atomic E-state index is -1.08. The lowest BCUT2D eigenvalue weighted by Crippen LogP contribution is -2.15. The van der Waals surface area contributed by atoms with Gasteiger partial charge in [-0.05, 0) is 44.5 Å². The number of carboxylic acid groups (broad SMARTS) is 1. The fourth-order valence-corrected chi connectivity index (χ4v) is 3.08. The second kappa shape index (κ2) is 14.8. The molecule has 0 radical (unpaired) electrons. The molecule has 0 spiro atoms. The average Bonchev–Trinajstić information content (AvgIpc) is 2.80. The average molecular weight is 474 g/mol. The Bertz CT molecular complexity index is 927. The maximum atomic E-state index is 11.5. The molecular weight excluding hydrogens is 438 g/mol. The number of nitrogens with zero attached hydrogens (tertiary/aromatic N) is 1. The van der Waals surface area contributed by atoms with Crippen molar-refractivity contribution in [3.05, 3.63) is 53.6 Å². The highest BCUT2D eigenvalue weighted by Crippen LogP contribution is 2.25. The Labute approximate surface area is 201 Å². The van der Waals surface area contributed by atoms with Crippen LogP contribution in [0.4, 0.5) is 0 Å². The normalized spacial score (nSPS) is 11.4. The second-order valence-corrected chi connectivity index (χ2v) is 7.99. The second-order valence-electron chi connectivity index (χ2n) is 7.99. The number of unbranched alkanes of at least 4 members (excludes halogenated alkanes) is 3. The summed E-state index contributed by atoms with van der Waals surface area (Å²) in [5.41, 5.74) is 1.26. The molecule has 2 aromatic carbocycles. The molecule has 34 heavy (non-hydrogen) atoms. The molecule has 8 nitrogen and oxygen atoms in total. The molecule has 0 amide bonds. The highest BCUT2D eigenvalue weighted by atomic mass is 16.6. The zero-order valence-electron chi connectivity index (χ0n) is 20.2. The third kappa shape index (κ3) is 9.70. The number of oxime groups is 1. The third-order valence-corrected chi connectivity index (χ3v) is 4.67. The van der Waals surface area contributed by atoms with Crippen LogP contribution in [0.2, 0.25) is 0 Å². The van der Waals surface area contributed by atoms with Crippen LogP contribution in [0.3, 0.4) is 0 Å². The van der Waals surface area contributed by atoms with Gasteiger partial charge in [-0.1, -0.05) is 43.5 Å². The minimum Gasteiger partial charge on any atom is -0.494 e. The number of hydrogen-bond acceptors (Lipinski definition) is 7. The Kier molecular flexibility index (Phi) is 11.7. The van der Waals surface area contributed by atoms with Crippen molar-refractivity contribution in [1.29, 1.82) is 0 Å². The highest BCUT2D eigenvalue weighted by Gasteiger charge is 2.13. The first-order valence-electron chi connectivity index (χ1n) is 11.6. The van der Waals surface area contributed by atoms with E-state index in [9.17, 15) is 9.90 Å². The van der Waals surface area contributed by atoms with E-state index in [1.807, 2.05) is 38.1 Å². The fourth-order valence-electron chi connectivity index (χ4n) is 3.08. The van der Waals surface area contributed by atoms with Gasteiger partial charge in [-0.3, -0.25) is 0 Å². The van der Waals surface area contributed by atoms with E-state index in [0.717, 1.165) is 18.4 Å². The van der Waals surface area contributed by atoms with Gasteiger partial charge in [0.25, 0.3) is 0 Å². The standard InChI is InChI=1S/C26H35NO7/c1-4-5-6-7-12-31-22-10-8-9-20(14-22)25(27-33-13-11-28)18-32-23-15-21(26(29)30)16-24(17-23)34-19(2)3/h8-10,14-17,19,28H,4-7,11-13,18H2,1-3H3,(H,29,30)/b27-25+. The van der Waals surface area contributed by atoms with Crippen molar-refractivity contribution in [2.24, 2.45) is 5.16 Å². The van der Waals surface area contributed by atoms with E-state index in [1.54, 1.807) is 6.07 Å². The number of rotatable bonds is 16. The maximum absolute atomic E-state index is 11.5. The largest absolute Gasteiger partial charge is 0.494 e. The van der Waals surface area contributed by atoms with Crippen LogP contribution in [0.15, 0.2) is 47.6 Å². The molecule has 8 heteroatoms. The number of hydrogen-bond donors (Lipinski definition) is 2. The number of aromatic carboxylic acids is 1. The lowest BCUT2D eigenvalue weighted by Gasteiger charge is -2.14. The van der Waals surface area contributed by atoms with E-state index in [-0.39, 0.29) is 31.5 Å². The predicted octanol–water partition coefficient (Wildman–Crippen LogP) is 4.92. The van der Waals surface area contributed by atoms with Crippen LogP contribution in [0, 0.1) is 0 Å². The van der Waals surface area contributed by atoms with Gasteiger partial charge in [0, 0.05) is 11.6 Å². The van der Waals surface area contributed by atoms with Crippen LogP contribution in [-0.2, 0) is 4.84 Å². The van der Waals surface area contributed by atoms with E-state index < -0.39 is 5.97 Å². The molecule has 0 saturated carbocycles. The molecule has 0 aromatic heterocycles. The summed E-state index contributed by atoms with van der Waals surface area (Å²) in [6.45, 7) is 6.39. The number of carboxylic acids is 1. The zero-order valence-corrected chi connectivity index (χ0v) is 20.2. The van der Waals surface area contributed by atoms with E-state index in [4.69, 9.17) is 24.2 Å². The Morgan fingerprint density at radius 2 is 1.71 bits per heavy atom. The number of aliphatic hydroxyl groups excluding tert-OH is 1. The monoisotopic (exact) mass is 473 g/mol. The molecule has 0 fully saturated rings. The number of carbonyl (C=O) groups is 1. The maximum Gasteiger partial charge on any atom is 0.335 e. The summed E-state index contributed by atoms with van der Waals surface area (Å²) in [7, 11) is 0. The van der Waals surface area contributed by atoms with Gasteiger partial charge in [0.1, 0.15) is 36.2 Å². The van der Waals surface area contributed by atoms with Crippen LogP contribution in [0.25, 0.3) is 0 Å². The summed E-state index contributed by atoms with van der Waals surface area (Å²) < 4.78 is 17.4. The summed E-state index contributed by atoms with van der Waals surface area (Å²) in [5.74, 6) is 0.361. The molecule has 0 aliphatic heterocycles. The van der Waals surface area contributed by atoms with Crippen LogP contribution in [-0.4, -0.2) is 54.4 Å². The lowest BCUT2D eigenvalue weighted by atomic mass is 10.1. The Balaban J connectivity index is 2.17. The van der Waals surface area contributed by atoms with Gasteiger partial charge in [-0.2, -0.15) is 0 Å². The Morgan fingerprint density at radius 3 is 2.41 bits per heavy atom. The van der Waals surface area contributed by atoms with Crippen LogP contribution in [0.1, 0.15) is 62.4 Å². The topological polar surface area (TPSA) is 107 Å². The van der Waals surface area contributed by atoms with E-state index in [0.29, 0.717) is 29.6 Å². The van der Waals surface area contributed by atoms with Crippen molar-refractivity contribution in [2.75, 3.05) is 26.4 Å². The quantitative estimate of drug-likeness (QED) is 0.202. The van der Waals surface area contributed by atoms with Gasteiger partial charge >= 0.3 is 5.97 Å². The van der Waals surface area contributed by atoms with Gasteiger partial charge < -0.3 is 29.3 Å². The van der Waals surface area contributed by atoms with Gasteiger partial charge in [-0.25, -0.2) is 4.79 Å². The molecule has 2 aromatic rings. The van der Waals surface area contributed by atoms with Crippen LogP contribution < -0.4 is 14.2 Å². The summed E-state index contributed by atoms with van der Waals surface area (Å²) in [6, 6.07) is 12.0. The molecular formula is C26H35NO7. The van der Waals surface area contributed by atoms with Crippen LogP contribution >= 0.6 is 0 Å². The van der Waals surface area contributed by atoms with E-state index in [1.165, 1.54) is 25.0 Å². The molecule has 0 atom stereocenters. The number of ether oxygens (including phenoxy) is 3. The fraction of sp³-hybridized carbons (Fsp3) is 0.462. The molecule has 2 N–H and O–H groups in total. The van der Waals surface area contributed by atoms with Gasteiger partial charge in [0.05, 0.1) is 24.9 Å². The van der Waals surface area contributed by atoms with Crippen molar-refractivity contribution in [3.63, 3.8) is 0 Å². The van der Waals surface area contributed by atoms with Gasteiger partial charge in [0.15, 0.2) is 0 Å².